The van der Waals surface area contributed by atoms with Crippen LogP contribution in [-0.4, -0.2) is 32.8 Å². The molecule has 0 saturated heterocycles. The number of nitrogens with zero attached hydrogens (tertiary/aromatic N) is 5. The van der Waals surface area contributed by atoms with E-state index in [4.69, 9.17) is 21.6 Å². The van der Waals surface area contributed by atoms with E-state index < -0.39 is 0 Å². The summed E-state index contributed by atoms with van der Waals surface area (Å²) in [4.78, 5) is 21.6. The predicted molar refractivity (Wildman–Crippen MR) is 134 cm³/mol. The number of halogens is 1. The van der Waals surface area contributed by atoms with Crippen LogP contribution in [0, 0.1) is 11.3 Å². The van der Waals surface area contributed by atoms with E-state index in [1.807, 2.05) is 36.9 Å². The van der Waals surface area contributed by atoms with Crippen LogP contribution < -0.4 is 15.4 Å². The van der Waals surface area contributed by atoms with Crippen LogP contribution in [0.3, 0.4) is 0 Å². The van der Waals surface area contributed by atoms with Gasteiger partial charge in [-0.1, -0.05) is 17.7 Å². The van der Waals surface area contributed by atoms with Gasteiger partial charge in [-0.2, -0.15) is 10.4 Å². The SMILES string of the molecule is COc1cc(Nc2ncc(Cl)c(-c3ccn(C(C)C)n3)n2)ccc1C(=O)Nc1cccc(C#N)c1. The quantitative estimate of drug-likeness (QED) is 0.355. The normalized spacial score (nSPS) is 10.6. The van der Waals surface area contributed by atoms with Crippen molar-refractivity contribution in [3.05, 3.63) is 77.1 Å². The Morgan fingerprint density at radius 1 is 1.17 bits per heavy atom. The van der Waals surface area contributed by atoms with Crippen molar-refractivity contribution >= 4 is 34.8 Å². The largest absolute Gasteiger partial charge is 0.496 e. The van der Waals surface area contributed by atoms with Gasteiger partial charge in [0.15, 0.2) is 0 Å². The van der Waals surface area contributed by atoms with Crippen LogP contribution >= 0.6 is 11.6 Å². The maximum Gasteiger partial charge on any atom is 0.259 e. The van der Waals surface area contributed by atoms with Crippen LogP contribution in [0.25, 0.3) is 11.4 Å². The number of methoxy groups -OCH3 is 1. The summed E-state index contributed by atoms with van der Waals surface area (Å²) in [7, 11) is 1.48. The van der Waals surface area contributed by atoms with E-state index in [1.165, 1.54) is 13.3 Å². The van der Waals surface area contributed by atoms with E-state index in [-0.39, 0.29) is 11.9 Å². The number of carbonyl (C=O) groups excluding carboxylic acids is 1. The van der Waals surface area contributed by atoms with Crippen molar-refractivity contribution in [3.8, 4) is 23.2 Å². The number of ether oxygens (including phenoxy) is 1. The molecule has 4 aromatic rings. The minimum Gasteiger partial charge on any atom is -0.496 e. The smallest absolute Gasteiger partial charge is 0.259 e. The van der Waals surface area contributed by atoms with Gasteiger partial charge in [-0.25, -0.2) is 9.97 Å². The molecule has 0 bridgehead atoms. The van der Waals surface area contributed by atoms with Crippen LogP contribution in [-0.2, 0) is 0 Å². The van der Waals surface area contributed by atoms with Crippen molar-refractivity contribution in [2.75, 3.05) is 17.7 Å². The highest BCUT2D eigenvalue weighted by Gasteiger charge is 2.16. The highest BCUT2D eigenvalue weighted by Crippen LogP contribution is 2.29. The topological polar surface area (TPSA) is 118 Å². The number of benzene rings is 2. The third-order valence-electron chi connectivity index (χ3n) is 5.08. The third-order valence-corrected chi connectivity index (χ3v) is 5.35. The number of aromatic nitrogens is 4. The highest BCUT2D eigenvalue weighted by atomic mass is 35.5. The molecule has 0 aliphatic heterocycles. The maximum absolute atomic E-state index is 12.8. The summed E-state index contributed by atoms with van der Waals surface area (Å²) in [5.74, 6) is 0.305. The lowest BCUT2D eigenvalue weighted by atomic mass is 10.1. The molecule has 2 aromatic carbocycles. The van der Waals surface area contributed by atoms with Crippen LogP contribution in [0.2, 0.25) is 5.02 Å². The van der Waals surface area contributed by atoms with Crippen molar-refractivity contribution in [1.82, 2.24) is 19.7 Å². The average Bonchev–Trinajstić information content (AvgIpc) is 3.36. The van der Waals surface area contributed by atoms with Crippen molar-refractivity contribution in [2.45, 2.75) is 19.9 Å². The van der Waals surface area contributed by atoms with Gasteiger partial charge in [-0.3, -0.25) is 9.48 Å². The summed E-state index contributed by atoms with van der Waals surface area (Å²) < 4.78 is 7.26. The molecular weight excluding hydrogens is 466 g/mol. The molecule has 0 radical (unpaired) electrons. The van der Waals surface area contributed by atoms with Gasteiger partial charge >= 0.3 is 0 Å². The molecule has 2 N–H and O–H groups in total. The lowest BCUT2D eigenvalue weighted by Crippen LogP contribution is -2.13. The molecule has 4 rings (SSSR count). The van der Waals surface area contributed by atoms with Crippen LogP contribution in [0.4, 0.5) is 17.3 Å². The molecular formula is C25H22ClN7O2. The Morgan fingerprint density at radius 3 is 2.71 bits per heavy atom. The standard InChI is InChI=1S/C25H22ClN7O2/c1-15(2)33-10-9-21(32-33)23-20(26)14-28-25(31-23)30-18-7-8-19(22(12-18)35-3)24(34)29-17-6-4-5-16(11-17)13-27/h4-12,14-15H,1-3H3,(H,29,34)(H,28,30,31). The first-order valence-electron chi connectivity index (χ1n) is 10.7. The Balaban J connectivity index is 1.55. The number of carbonyl (C=O) groups is 1. The highest BCUT2D eigenvalue weighted by molar-refractivity contribution is 6.32. The van der Waals surface area contributed by atoms with Gasteiger partial charge in [0, 0.05) is 29.7 Å². The molecule has 0 saturated carbocycles. The van der Waals surface area contributed by atoms with Gasteiger partial charge in [-0.15, -0.1) is 0 Å². The number of amides is 1. The first-order valence-corrected chi connectivity index (χ1v) is 11.1. The van der Waals surface area contributed by atoms with E-state index in [0.29, 0.717) is 50.6 Å². The predicted octanol–water partition coefficient (Wildman–Crippen LogP) is 5.45. The zero-order valence-corrected chi connectivity index (χ0v) is 20.0. The number of rotatable bonds is 7. The number of nitrogens with one attached hydrogen (secondary N) is 2. The van der Waals surface area contributed by atoms with Gasteiger partial charge < -0.3 is 15.4 Å². The monoisotopic (exact) mass is 487 g/mol. The molecule has 9 nitrogen and oxygen atoms in total. The molecule has 0 spiro atoms. The van der Waals surface area contributed by atoms with Crippen molar-refractivity contribution in [2.24, 2.45) is 0 Å². The Morgan fingerprint density at radius 2 is 2.00 bits per heavy atom. The molecule has 0 unspecified atom stereocenters. The average molecular weight is 488 g/mol. The second-order valence-electron chi connectivity index (χ2n) is 7.85. The number of anilines is 3. The zero-order chi connectivity index (χ0) is 24.9. The molecule has 176 valence electrons. The number of hydrogen-bond acceptors (Lipinski definition) is 7. The third kappa shape index (κ3) is 5.39. The minimum absolute atomic E-state index is 0.209. The lowest BCUT2D eigenvalue weighted by molar-refractivity contribution is 0.102. The Bertz CT molecular complexity index is 1430. The molecule has 10 heteroatoms. The zero-order valence-electron chi connectivity index (χ0n) is 19.3. The summed E-state index contributed by atoms with van der Waals surface area (Å²) in [5.41, 5.74) is 3.06. The van der Waals surface area contributed by atoms with E-state index in [2.05, 4.69) is 25.7 Å². The van der Waals surface area contributed by atoms with Gasteiger partial charge in [0.25, 0.3) is 5.91 Å². The number of hydrogen-bond donors (Lipinski definition) is 2. The summed E-state index contributed by atoms with van der Waals surface area (Å²) >= 11 is 6.33. The fourth-order valence-electron chi connectivity index (χ4n) is 3.31. The van der Waals surface area contributed by atoms with E-state index in [1.54, 1.807) is 42.5 Å². The van der Waals surface area contributed by atoms with E-state index in [9.17, 15) is 4.79 Å². The Labute approximate surface area is 207 Å². The molecule has 2 aromatic heterocycles. The van der Waals surface area contributed by atoms with Crippen molar-refractivity contribution < 1.29 is 9.53 Å². The van der Waals surface area contributed by atoms with Crippen LogP contribution in [0.15, 0.2) is 60.9 Å². The maximum atomic E-state index is 12.8. The summed E-state index contributed by atoms with van der Waals surface area (Å²) in [6.45, 7) is 4.07. The van der Waals surface area contributed by atoms with Gasteiger partial charge in [-0.05, 0) is 50.2 Å². The molecule has 35 heavy (non-hydrogen) atoms. The van der Waals surface area contributed by atoms with Gasteiger partial charge in [0.2, 0.25) is 5.95 Å². The molecule has 2 heterocycles. The first-order chi connectivity index (χ1) is 16.9. The van der Waals surface area contributed by atoms with Crippen LogP contribution in [0.1, 0.15) is 35.8 Å². The summed E-state index contributed by atoms with van der Waals surface area (Å²) in [6.07, 6.45) is 3.38. The second kappa shape index (κ2) is 10.2. The van der Waals surface area contributed by atoms with Crippen molar-refractivity contribution in [3.63, 3.8) is 0 Å². The molecule has 0 aliphatic carbocycles. The Kier molecular flexibility index (Phi) is 6.94. The fourth-order valence-corrected chi connectivity index (χ4v) is 3.50. The second-order valence-corrected chi connectivity index (χ2v) is 8.26. The molecule has 0 fully saturated rings. The number of nitriles is 1. The Hall–Kier alpha value is -4.42. The van der Waals surface area contributed by atoms with Gasteiger partial charge in [0.1, 0.15) is 17.1 Å². The van der Waals surface area contributed by atoms with E-state index in [0.717, 1.165) is 0 Å². The first kappa shape index (κ1) is 23.7. The fraction of sp³-hybridized carbons (Fsp3) is 0.160. The molecule has 0 atom stereocenters. The molecule has 1 amide bonds. The summed E-state index contributed by atoms with van der Waals surface area (Å²) in [5, 5.41) is 19.9. The van der Waals surface area contributed by atoms with E-state index >= 15 is 0 Å². The lowest BCUT2D eigenvalue weighted by Gasteiger charge is -2.12. The van der Waals surface area contributed by atoms with Crippen LogP contribution in [0.5, 0.6) is 5.75 Å². The van der Waals surface area contributed by atoms with Crippen molar-refractivity contribution in [1.29, 1.82) is 5.26 Å². The minimum atomic E-state index is -0.366. The molecule has 0 aliphatic rings. The van der Waals surface area contributed by atoms with Gasteiger partial charge in [0.05, 0.1) is 35.5 Å². The summed E-state index contributed by atoms with van der Waals surface area (Å²) in [6, 6.07) is 15.8.